The minimum Gasteiger partial charge on any atom is -0.493 e. The van der Waals surface area contributed by atoms with Gasteiger partial charge < -0.3 is 14.0 Å². The molecule has 4 aromatic rings. The van der Waals surface area contributed by atoms with Crippen molar-refractivity contribution in [2.75, 3.05) is 14.2 Å². The summed E-state index contributed by atoms with van der Waals surface area (Å²) in [7, 11) is 3.14. The highest BCUT2D eigenvalue weighted by Crippen LogP contribution is 2.31. The van der Waals surface area contributed by atoms with Crippen LogP contribution >= 0.6 is 11.3 Å². The molecular formula is C19H18N4O4S. The molecule has 0 amide bonds. The van der Waals surface area contributed by atoms with Gasteiger partial charge in [0.05, 0.1) is 25.9 Å². The number of nitrogens with zero attached hydrogens (tertiary/aromatic N) is 4. The maximum absolute atomic E-state index is 12.8. The van der Waals surface area contributed by atoms with E-state index in [1.165, 1.54) is 22.2 Å². The van der Waals surface area contributed by atoms with E-state index in [4.69, 9.17) is 14.0 Å². The standard InChI is InChI=1S/C19H18N4O4S/c1-10-11(2)28-18-16(10)19(24)23(9-20-18)8-15-21-17(22-27-15)12-5-6-13(25-3)14(7-12)26-4/h5-7,9H,8H2,1-4H3. The Kier molecular flexibility index (Phi) is 4.60. The van der Waals surface area contributed by atoms with Gasteiger partial charge in [0.25, 0.3) is 5.56 Å². The second-order valence-electron chi connectivity index (χ2n) is 6.22. The zero-order chi connectivity index (χ0) is 19.8. The number of fused-ring (bicyclic) bond motifs is 1. The zero-order valence-corrected chi connectivity index (χ0v) is 16.7. The molecule has 0 N–H and O–H groups in total. The number of aromatic nitrogens is 4. The summed E-state index contributed by atoms with van der Waals surface area (Å²) >= 11 is 1.52. The van der Waals surface area contributed by atoms with Crippen molar-refractivity contribution < 1.29 is 14.0 Å². The Morgan fingerprint density at radius 3 is 2.71 bits per heavy atom. The Bertz CT molecular complexity index is 1220. The quantitative estimate of drug-likeness (QED) is 0.510. The zero-order valence-electron chi connectivity index (χ0n) is 15.8. The molecule has 0 fully saturated rings. The van der Waals surface area contributed by atoms with Gasteiger partial charge in [0.2, 0.25) is 11.7 Å². The van der Waals surface area contributed by atoms with E-state index in [0.717, 1.165) is 20.8 Å². The number of benzene rings is 1. The monoisotopic (exact) mass is 398 g/mol. The summed E-state index contributed by atoms with van der Waals surface area (Å²) in [5, 5.41) is 4.65. The normalized spacial score (nSPS) is 11.1. The van der Waals surface area contributed by atoms with Gasteiger partial charge >= 0.3 is 0 Å². The minimum atomic E-state index is -0.113. The average Bonchev–Trinajstić information content (AvgIpc) is 3.28. The Hall–Kier alpha value is -3.20. The number of hydrogen-bond acceptors (Lipinski definition) is 8. The van der Waals surface area contributed by atoms with Gasteiger partial charge in [-0.25, -0.2) is 4.98 Å². The lowest BCUT2D eigenvalue weighted by molar-refractivity contribution is 0.355. The molecule has 3 heterocycles. The SMILES string of the molecule is COc1ccc(-c2noc(Cn3cnc4sc(C)c(C)c4c3=O)n2)cc1OC. The van der Waals surface area contributed by atoms with Crippen LogP contribution in [0.2, 0.25) is 0 Å². The van der Waals surface area contributed by atoms with Crippen molar-refractivity contribution in [3.05, 3.63) is 51.2 Å². The molecule has 0 bridgehead atoms. The molecule has 0 spiro atoms. The van der Waals surface area contributed by atoms with Gasteiger partial charge in [-0.3, -0.25) is 9.36 Å². The van der Waals surface area contributed by atoms with Crippen molar-refractivity contribution in [2.45, 2.75) is 20.4 Å². The van der Waals surface area contributed by atoms with Crippen LogP contribution in [0.25, 0.3) is 21.6 Å². The van der Waals surface area contributed by atoms with Gasteiger partial charge in [-0.2, -0.15) is 4.98 Å². The van der Waals surface area contributed by atoms with Crippen LogP contribution in [0.4, 0.5) is 0 Å². The predicted octanol–water partition coefficient (Wildman–Crippen LogP) is 3.19. The van der Waals surface area contributed by atoms with Crippen LogP contribution in [0, 0.1) is 13.8 Å². The highest BCUT2D eigenvalue weighted by atomic mass is 32.1. The summed E-state index contributed by atoms with van der Waals surface area (Å²) in [6, 6.07) is 5.35. The summed E-state index contributed by atoms with van der Waals surface area (Å²) in [4.78, 5) is 23.4. The molecule has 0 radical (unpaired) electrons. The number of thiophene rings is 1. The fraction of sp³-hybridized carbons (Fsp3) is 0.263. The fourth-order valence-corrected chi connectivity index (χ4v) is 3.93. The molecule has 0 saturated heterocycles. The number of rotatable bonds is 5. The van der Waals surface area contributed by atoms with Gasteiger partial charge in [-0.05, 0) is 37.6 Å². The molecule has 4 rings (SSSR count). The Balaban J connectivity index is 1.66. The molecular weight excluding hydrogens is 380 g/mol. The number of methoxy groups -OCH3 is 2. The van der Waals surface area contributed by atoms with Crippen molar-refractivity contribution in [3.63, 3.8) is 0 Å². The summed E-state index contributed by atoms with van der Waals surface area (Å²) in [6.07, 6.45) is 1.51. The number of hydrogen-bond donors (Lipinski definition) is 0. The lowest BCUT2D eigenvalue weighted by atomic mass is 10.2. The first-order valence-electron chi connectivity index (χ1n) is 8.52. The second-order valence-corrected chi connectivity index (χ2v) is 7.43. The first-order valence-corrected chi connectivity index (χ1v) is 9.33. The van der Waals surface area contributed by atoms with Crippen LogP contribution in [-0.2, 0) is 6.54 Å². The molecule has 28 heavy (non-hydrogen) atoms. The van der Waals surface area contributed by atoms with E-state index >= 15 is 0 Å². The van der Waals surface area contributed by atoms with Crippen LogP contribution < -0.4 is 15.0 Å². The summed E-state index contributed by atoms with van der Waals surface area (Å²) in [5.41, 5.74) is 1.57. The molecule has 0 atom stereocenters. The van der Waals surface area contributed by atoms with Gasteiger partial charge in [0, 0.05) is 10.4 Å². The molecule has 8 nitrogen and oxygen atoms in total. The second kappa shape index (κ2) is 7.08. The third-order valence-electron chi connectivity index (χ3n) is 4.57. The molecule has 0 aliphatic rings. The van der Waals surface area contributed by atoms with E-state index in [9.17, 15) is 4.79 Å². The highest BCUT2D eigenvalue weighted by Gasteiger charge is 2.16. The molecule has 0 unspecified atom stereocenters. The van der Waals surface area contributed by atoms with E-state index < -0.39 is 0 Å². The van der Waals surface area contributed by atoms with Crippen LogP contribution in [0.1, 0.15) is 16.3 Å². The van der Waals surface area contributed by atoms with Crippen molar-refractivity contribution in [1.29, 1.82) is 0 Å². The first-order chi connectivity index (χ1) is 13.5. The summed E-state index contributed by atoms with van der Waals surface area (Å²) in [6.45, 7) is 4.07. The van der Waals surface area contributed by atoms with Gasteiger partial charge in [-0.15, -0.1) is 11.3 Å². The van der Waals surface area contributed by atoms with E-state index in [1.807, 2.05) is 19.9 Å². The molecule has 9 heteroatoms. The van der Waals surface area contributed by atoms with Crippen LogP contribution in [0.15, 0.2) is 33.8 Å². The largest absolute Gasteiger partial charge is 0.493 e. The smallest absolute Gasteiger partial charge is 0.262 e. The fourth-order valence-electron chi connectivity index (χ4n) is 2.94. The van der Waals surface area contributed by atoms with Crippen LogP contribution in [-0.4, -0.2) is 33.9 Å². The molecule has 0 aliphatic carbocycles. The first kappa shape index (κ1) is 18.2. The maximum Gasteiger partial charge on any atom is 0.262 e. The summed E-state index contributed by atoms with van der Waals surface area (Å²) < 4.78 is 17.4. The molecule has 144 valence electrons. The molecule has 0 saturated carbocycles. The number of ether oxygens (including phenoxy) is 2. The lowest BCUT2D eigenvalue weighted by Crippen LogP contribution is -2.21. The van der Waals surface area contributed by atoms with Crippen molar-refractivity contribution >= 4 is 21.6 Å². The van der Waals surface area contributed by atoms with E-state index in [2.05, 4.69) is 15.1 Å². The van der Waals surface area contributed by atoms with Crippen molar-refractivity contribution in [1.82, 2.24) is 19.7 Å². The maximum atomic E-state index is 12.8. The minimum absolute atomic E-state index is 0.113. The van der Waals surface area contributed by atoms with Gasteiger partial charge in [0.1, 0.15) is 11.4 Å². The number of aryl methyl sites for hydroxylation is 2. The van der Waals surface area contributed by atoms with Crippen LogP contribution in [0.3, 0.4) is 0 Å². The molecule has 0 aliphatic heterocycles. The van der Waals surface area contributed by atoms with E-state index in [1.54, 1.807) is 26.4 Å². The van der Waals surface area contributed by atoms with Crippen LogP contribution in [0.5, 0.6) is 11.5 Å². The third kappa shape index (κ3) is 3.03. The van der Waals surface area contributed by atoms with E-state index in [-0.39, 0.29) is 12.1 Å². The lowest BCUT2D eigenvalue weighted by Gasteiger charge is -2.07. The Labute approximate surface area is 164 Å². The Morgan fingerprint density at radius 1 is 1.18 bits per heavy atom. The van der Waals surface area contributed by atoms with E-state index in [0.29, 0.717) is 28.6 Å². The van der Waals surface area contributed by atoms with Gasteiger partial charge in [-0.1, -0.05) is 5.16 Å². The summed E-state index contributed by atoms with van der Waals surface area (Å²) in [5.74, 6) is 1.90. The van der Waals surface area contributed by atoms with Gasteiger partial charge in [0.15, 0.2) is 11.5 Å². The highest BCUT2D eigenvalue weighted by molar-refractivity contribution is 7.18. The van der Waals surface area contributed by atoms with Crippen molar-refractivity contribution in [2.24, 2.45) is 0 Å². The molecule has 3 aromatic heterocycles. The average molecular weight is 398 g/mol. The topological polar surface area (TPSA) is 92.3 Å². The Morgan fingerprint density at radius 2 is 1.96 bits per heavy atom. The van der Waals surface area contributed by atoms with Crippen molar-refractivity contribution in [3.8, 4) is 22.9 Å². The molecule has 1 aromatic carbocycles. The predicted molar refractivity (Wildman–Crippen MR) is 105 cm³/mol. The third-order valence-corrected chi connectivity index (χ3v) is 5.69.